The van der Waals surface area contributed by atoms with E-state index in [0.29, 0.717) is 19.8 Å². The van der Waals surface area contributed by atoms with Crippen LogP contribution >= 0.6 is 0 Å². The van der Waals surface area contributed by atoms with Gasteiger partial charge in [0.05, 0.1) is 0 Å². The Morgan fingerprint density at radius 1 is 1.31 bits per heavy atom. The third-order valence-corrected chi connectivity index (χ3v) is 2.56. The van der Waals surface area contributed by atoms with E-state index in [4.69, 9.17) is 9.47 Å². The van der Waals surface area contributed by atoms with Gasteiger partial charge >= 0.3 is 0 Å². The van der Waals surface area contributed by atoms with E-state index in [1.165, 1.54) is 0 Å². The summed E-state index contributed by atoms with van der Waals surface area (Å²) in [6.45, 7) is 3.32. The molecule has 0 fully saturated rings. The maximum atomic E-state index is 11.1. The van der Waals surface area contributed by atoms with Gasteiger partial charge in [-0.3, -0.25) is 4.79 Å². The zero-order valence-corrected chi connectivity index (χ0v) is 9.53. The van der Waals surface area contributed by atoms with Crippen LogP contribution in [0.5, 0.6) is 11.5 Å². The largest absolute Gasteiger partial charge is 0.486 e. The van der Waals surface area contributed by atoms with E-state index in [0.717, 1.165) is 17.1 Å². The highest BCUT2D eigenvalue weighted by Gasteiger charge is 2.12. The van der Waals surface area contributed by atoms with Crippen molar-refractivity contribution in [3.05, 3.63) is 23.8 Å². The number of carbonyl (C=O) groups excluding carboxylic acids is 1. The molecule has 1 aliphatic rings. The highest BCUT2D eigenvalue weighted by molar-refractivity contribution is 5.72. The minimum absolute atomic E-state index is 0.0508. The Morgan fingerprint density at radius 2 is 2.00 bits per heavy atom. The van der Waals surface area contributed by atoms with Gasteiger partial charge in [0.25, 0.3) is 0 Å². The molecule has 0 radical (unpaired) electrons. The average Bonchev–Trinajstić information content (AvgIpc) is 2.28. The number of fused-ring (bicyclic) bond motifs is 1. The van der Waals surface area contributed by atoms with Gasteiger partial charge in [0.1, 0.15) is 13.2 Å². The summed E-state index contributed by atoms with van der Waals surface area (Å²) >= 11 is 0. The number of nitrogens with zero attached hydrogens (tertiary/aromatic N) is 1. The fourth-order valence-electron chi connectivity index (χ4n) is 1.57. The molecule has 0 unspecified atom stereocenters. The molecule has 0 N–H and O–H groups in total. The highest BCUT2D eigenvalue weighted by Crippen LogP contribution is 2.30. The lowest BCUT2D eigenvalue weighted by molar-refractivity contribution is -0.128. The van der Waals surface area contributed by atoms with Gasteiger partial charge in [0.15, 0.2) is 11.5 Å². The Labute approximate surface area is 94.8 Å². The minimum Gasteiger partial charge on any atom is -0.486 e. The van der Waals surface area contributed by atoms with Crippen molar-refractivity contribution < 1.29 is 14.3 Å². The number of ether oxygens (including phenoxy) is 2. The van der Waals surface area contributed by atoms with Crippen LogP contribution in [-0.4, -0.2) is 31.1 Å². The quantitative estimate of drug-likeness (QED) is 0.758. The molecule has 0 aliphatic carbocycles. The number of amides is 1. The molecule has 4 nitrogen and oxygen atoms in total. The fraction of sp³-hybridized carbons (Fsp3) is 0.417. The van der Waals surface area contributed by atoms with Crippen LogP contribution in [0.2, 0.25) is 0 Å². The van der Waals surface area contributed by atoms with Crippen LogP contribution in [0, 0.1) is 0 Å². The molecule has 16 heavy (non-hydrogen) atoms. The lowest BCUT2D eigenvalue weighted by Crippen LogP contribution is -2.23. The van der Waals surface area contributed by atoms with Gasteiger partial charge in [0.2, 0.25) is 5.91 Å². The summed E-state index contributed by atoms with van der Waals surface area (Å²) in [5.74, 6) is 1.59. The predicted octanol–water partition coefficient (Wildman–Crippen LogP) is 1.44. The van der Waals surface area contributed by atoms with Crippen molar-refractivity contribution in [1.29, 1.82) is 0 Å². The number of hydrogen-bond donors (Lipinski definition) is 0. The van der Waals surface area contributed by atoms with Crippen LogP contribution in [0.4, 0.5) is 0 Å². The first-order valence-corrected chi connectivity index (χ1v) is 5.27. The Kier molecular flexibility index (Phi) is 2.99. The maximum absolute atomic E-state index is 11.1. The Hall–Kier alpha value is -1.71. The van der Waals surface area contributed by atoms with Crippen molar-refractivity contribution in [3.63, 3.8) is 0 Å². The van der Waals surface area contributed by atoms with Crippen LogP contribution in [-0.2, 0) is 11.3 Å². The number of rotatable bonds is 2. The summed E-state index contributed by atoms with van der Waals surface area (Å²) in [7, 11) is 1.78. The molecule has 1 aliphatic heterocycles. The number of carbonyl (C=O) groups is 1. The van der Waals surface area contributed by atoms with Gasteiger partial charge < -0.3 is 14.4 Å². The van der Waals surface area contributed by atoms with Crippen LogP contribution in [0.25, 0.3) is 0 Å². The number of benzene rings is 1. The van der Waals surface area contributed by atoms with Gasteiger partial charge in [-0.15, -0.1) is 0 Å². The second-order valence-corrected chi connectivity index (χ2v) is 3.85. The molecule has 86 valence electrons. The first-order chi connectivity index (χ1) is 7.66. The summed E-state index contributed by atoms with van der Waals surface area (Å²) in [5.41, 5.74) is 1.04. The third-order valence-electron chi connectivity index (χ3n) is 2.56. The molecule has 0 aromatic heterocycles. The van der Waals surface area contributed by atoms with Gasteiger partial charge in [0, 0.05) is 20.5 Å². The smallest absolute Gasteiger partial charge is 0.219 e. The van der Waals surface area contributed by atoms with Crippen LogP contribution in [0.1, 0.15) is 12.5 Å². The van der Waals surface area contributed by atoms with Crippen LogP contribution in [0.3, 0.4) is 0 Å². The van der Waals surface area contributed by atoms with E-state index in [1.807, 2.05) is 18.2 Å². The average molecular weight is 221 g/mol. The van der Waals surface area contributed by atoms with Crippen molar-refractivity contribution in [2.75, 3.05) is 20.3 Å². The monoisotopic (exact) mass is 221 g/mol. The second-order valence-electron chi connectivity index (χ2n) is 3.85. The fourth-order valence-corrected chi connectivity index (χ4v) is 1.57. The zero-order valence-electron chi connectivity index (χ0n) is 9.53. The van der Waals surface area contributed by atoms with Crippen LogP contribution in [0.15, 0.2) is 18.2 Å². The molecule has 1 amide bonds. The molecule has 1 heterocycles. The third kappa shape index (κ3) is 2.27. The topological polar surface area (TPSA) is 38.8 Å². The van der Waals surface area contributed by atoms with E-state index in [-0.39, 0.29) is 5.91 Å². The SMILES string of the molecule is CC(=O)N(C)Cc1ccc2c(c1)OCCO2. The van der Waals surface area contributed by atoms with Gasteiger partial charge in [-0.25, -0.2) is 0 Å². The predicted molar refractivity (Wildman–Crippen MR) is 59.6 cm³/mol. The molecule has 1 aromatic rings. The van der Waals surface area contributed by atoms with E-state index < -0.39 is 0 Å². The van der Waals surface area contributed by atoms with Crippen molar-refractivity contribution in [1.82, 2.24) is 4.90 Å². The number of hydrogen-bond acceptors (Lipinski definition) is 3. The Bertz CT molecular complexity index is 403. The van der Waals surface area contributed by atoms with E-state index in [9.17, 15) is 4.79 Å². The second kappa shape index (κ2) is 4.43. The molecule has 0 atom stereocenters. The molecular formula is C12H15NO3. The standard InChI is InChI=1S/C12H15NO3/c1-9(14)13(2)8-10-3-4-11-12(7-10)16-6-5-15-11/h3-4,7H,5-6,8H2,1-2H3. The van der Waals surface area contributed by atoms with Crippen LogP contribution < -0.4 is 9.47 Å². The molecule has 0 saturated carbocycles. The summed E-state index contributed by atoms with van der Waals surface area (Å²) < 4.78 is 10.9. The molecule has 1 aromatic carbocycles. The van der Waals surface area contributed by atoms with E-state index in [1.54, 1.807) is 18.9 Å². The highest BCUT2D eigenvalue weighted by atomic mass is 16.6. The van der Waals surface area contributed by atoms with Crippen molar-refractivity contribution in [3.8, 4) is 11.5 Å². The lowest BCUT2D eigenvalue weighted by atomic mass is 10.2. The minimum atomic E-state index is 0.0508. The molecular weight excluding hydrogens is 206 g/mol. The van der Waals surface area contributed by atoms with Gasteiger partial charge in [-0.1, -0.05) is 6.07 Å². The summed E-state index contributed by atoms with van der Waals surface area (Å²) in [6.07, 6.45) is 0. The molecule has 4 heteroatoms. The Morgan fingerprint density at radius 3 is 2.69 bits per heavy atom. The van der Waals surface area contributed by atoms with Gasteiger partial charge in [-0.05, 0) is 17.7 Å². The van der Waals surface area contributed by atoms with Crippen molar-refractivity contribution in [2.45, 2.75) is 13.5 Å². The maximum Gasteiger partial charge on any atom is 0.219 e. The Balaban J connectivity index is 2.14. The van der Waals surface area contributed by atoms with E-state index >= 15 is 0 Å². The summed E-state index contributed by atoms with van der Waals surface area (Å²) in [5, 5.41) is 0. The normalized spacial score (nSPS) is 13.4. The molecule has 2 rings (SSSR count). The molecule has 0 bridgehead atoms. The van der Waals surface area contributed by atoms with Crippen molar-refractivity contribution in [2.24, 2.45) is 0 Å². The summed E-state index contributed by atoms with van der Waals surface area (Å²) in [4.78, 5) is 12.8. The first kappa shape index (κ1) is 10.8. The summed E-state index contributed by atoms with van der Waals surface area (Å²) in [6, 6.07) is 5.76. The van der Waals surface area contributed by atoms with E-state index in [2.05, 4.69) is 0 Å². The lowest BCUT2D eigenvalue weighted by Gasteiger charge is -2.20. The molecule has 0 spiro atoms. The van der Waals surface area contributed by atoms with Crippen molar-refractivity contribution >= 4 is 5.91 Å². The molecule has 0 saturated heterocycles. The zero-order chi connectivity index (χ0) is 11.5. The first-order valence-electron chi connectivity index (χ1n) is 5.27. The van der Waals surface area contributed by atoms with Gasteiger partial charge in [-0.2, -0.15) is 0 Å².